The van der Waals surface area contributed by atoms with Gasteiger partial charge in [-0.1, -0.05) is 12.1 Å². The minimum atomic E-state index is 0.682. The fraction of sp³-hybridized carbons (Fsp3) is 0.167. The van der Waals surface area contributed by atoms with Gasteiger partial charge < -0.3 is 0 Å². The lowest BCUT2D eigenvalue weighted by Crippen LogP contribution is -1.86. The van der Waals surface area contributed by atoms with E-state index in [1.54, 1.807) is 12.1 Å². The summed E-state index contributed by atoms with van der Waals surface area (Å²) in [4.78, 5) is 0. The maximum absolute atomic E-state index is 8.93. The first-order valence-corrected chi connectivity index (χ1v) is 4.48. The van der Waals surface area contributed by atoms with Gasteiger partial charge in [-0.05, 0) is 35.6 Å². The molecule has 1 aliphatic carbocycles. The Morgan fingerprint density at radius 2 is 2.07 bits per heavy atom. The molecule has 0 fully saturated rings. The monoisotopic (exact) mass is 180 g/mol. The zero-order valence-electron chi connectivity index (χ0n) is 7.62. The standard InChI is InChI=1S/C12H8N2/c13-7-6-10-5-4-9-2-1-3-11(8-14)12(9)10/h1-3,6H,4-5H2/b10-6+. The van der Waals surface area contributed by atoms with E-state index in [2.05, 4.69) is 6.07 Å². The van der Waals surface area contributed by atoms with E-state index in [0.717, 1.165) is 24.0 Å². The van der Waals surface area contributed by atoms with Gasteiger partial charge in [-0.25, -0.2) is 0 Å². The van der Waals surface area contributed by atoms with Crippen LogP contribution in [0.4, 0.5) is 0 Å². The first-order valence-electron chi connectivity index (χ1n) is 4.48. The summed E-state index contributed by atoms with van der Waals surface area (Å²) in [6, 6.07) is 9.91. The van der Waals surface area contributed by atoms with Gasteiger partial charge in [0, 0.05) is 6.08 Å². The molecular weight excluding hydrogens is 172 g/mol. The van der Waals surface area contributed by atoms with Crippen molar-refractivity contribution >= 4 is 5.57 Å². The van der Waals surface area contributed by atoms with Crippen molar-refractivity contribution in [2.45, 2.75) is 12.8 Å². The molecule has 0 unspecified atom stereocenters. The molecule has 1 aliphatic rings. The molecular formula is C12H8N2. The molecule has 0 saturated carbocycles. The molecule has 0 N–H and O–H groups in total. The van der Waals surface area contributed by atoms with Crippen LogP contribution in [0.3, 0.4) is 0 Å². The number of fused-ring (bicyclic) bond motifs is 1. The second-order valence-electron chi connectivity index (χ2n) is 3.25. The minimum absolute atomic E-state index is 0.682. The molecule has 1 aromatic carbocycles. The molecule has 2 heteroatoms. The molecule has 2 rings (SSSR count). The van der Waals surface area contributed by atoms with Crippen LogP contribution >= 0.6 is 0 Å². The Bertz CT molecular complexity index is 484. The number of hydrogen-bond donors (Lipinski definition) is 0. The number of aryl methyl sites for hydroxylation is 1. The molecule has 0 aromatic heterocycles. The second-order valence-corrected chi connectivity index (χ2v) is 3.25. The van der Waals surface area contributed by atoms with Gasteiger partial charge >= 0.3 is 0 Å². The summed E-state index contributed by atoms with van der Waals surface area (Å²) < 4.78 is 0. The van der Waals surface area contributed by atoms with Crippen molar-refractivity contribution < 1.29 is 0 Å². The summed E-state index contributed by atoms with van der Waals surface area (Å²) in [6.07, 6.45) is 3.37. The van der Waals surface area contributed by atoms with Crippen LogP contribution in [0.1, 0.15) is 23.1 Å². The third kappa shape index (κ3) is 1.18. The van der Waals surface area contributed by atoms with Gasteiger partial charge in [0.25, 0.3) is 0 Å². The van der Waals surface area contributed by atoms with E-state index in [9.17, 15) is 0 Å². The topological polar surface area (TPSA) is 47.6 Å². The lowest BCUT2D eigenvalue weighted by Gasteiger charge is -2.01. The largest absolute Gasteiger partial charge is 0.193 e. The molecule has 0 heterocycles. The lowest BCUT2D eigenvalue weighted by molar-refractivity contribution is 1.08. The van der Waals surface area contributed by atoms with Gasteiger partial charge in [0.15, 0.2) is 0 Å². The average molecular weight is 180 g/mol. The summed E-state index contributed by atoms with van der Waals surface area (Å²) in [5, 5.41) is 17.5. The van der Waals surface area contributed by atoms with Crippen molar-refractivity contribution in [3.8, 4) is 12.1 Å². The van der Waals surface area contributed by atoms with Crippen LogP contribution in [-0.2, 0) is 6.42 Å². The third-order valence-corrected chi connectivity index (χ3v) is 2.49. The Balaban J connectivity index is 2.65. The highest BCUT2D eigenvalue weighted by molar-refractivity contribution is 5.78. The Kier molecular flexibility index (Phi) is 2.05. The van der Waals surface area contributed by atoms with Crippen LogP contribution in [-0.4, -0.2) is 0 Å². The van der Waals surface area contributed by atoms with Gasteiger partial charge in [-0.2, -0.15) is 10.5 Å². The van der Waals surface area contributed by atoms with Crippen LogP contribution in [0.2, 0.25) is 0 Å². The molecule has 66 valence electrons. The van der Waals surface area contributed by atoms with Gasteiger partial charge in [0.05, 0.1) is 17.7 Å². The molecule has 0 aliphatic heterocycles. The SMILES string of the molecule is N#C/C=C1\CCc2cccc(C#N)c21. The summed E-state index contributed by atoms with van der Waals surface area (Å²) in [7, 11) is 0. The van der Waals surface area contributed by atoms with Gasteiger partial charge in [0.1, 0.15) is 0 Å². The molecule has 1 aromatic rings. The van der Waals surface area contributed by atoms with E-state index < -0.39 is 0 Å². The van der Waals surface area contributed by atoms with E-state index in [4.69, 9.17) is 10.5 Å². The van der Waals surface area contributed by atoms with Gasteiger partial charge in [0.2, 0.25) is 0 Å². The van der Waals surface area contributed by atoms with Crippen molar-refractivity contribution in [1.82, 2.24) is 0 Å². The molecule has 0 saturated heterocycles. The molecule has 2 nitrogen and oxygen atoms in total. The van der Waals surface area contributed by atoms with Crippen molar-refractivity contribution in [1.29, 1.82) is 10.5 Å². The van der Waals surface area contributed by atoms with E-state index in [1.165, 1.54) is 5.56 Å². The lowest BCUT2D eigenvalue weighted by atomic mass is 10.0. The zero-order valence-corrected chi connectivity index (χ0v) is 7.62. The summed E-state index contributed by atoms with van der Waals surface area (Å²) in [6.45, 7) is 0. The molecule has 14 heavy (non-hydrogen) atoms. The molecule has 0 amide bonds. The normalized spacial score (nSPS) is 16.0. The highest BCUT2D eigenvalue weighted by Crippen LogP contribution is 2.34. The van der Waals surface area contributed by atoms with Crippen molar-refractivity contribution in [3.63, 3.8) is 0 Å². The number of nitrogens with zero attached hydrogens (tertiary/aromatic N) is 2. The van der Waals surface area contributed by atoms with E-state index >= 15 is 0 Å². The summed E-state index contributed by atoms with van der Waals surface area (Å²) in [5.41, 5.74) is 3.85. The first-order chi connectivity index (χ1) is 6.86. The Morgan fingerprint density at radius 3 is 2.79 bits per heavy atom. The predicted molar refractivity (Wildman–Crippen MR) is 53.1 cm³/mol. The maximum atomic E-state index is 8.93. The highest BCUT2D eigenvalue weighted by Gasteiger charge is 2.18. The molecule has 0 bridgehead atoms. The third-order valence-electron chi connectivity index (χ3n) is 2.49. The van der Waals surface area contributed by atoms with E-state index in [0.29, 0.717) is 5.56 Å². The number of rotatable bonds is 0. The second kappa shape index (κ2) is 3.36. The summed E-state index contributed by atoms with van der Waals surface area (Å²) >= 11 is 0. The molecule has 0 atom stereocenters. The van der Waals surface area contributed by atoms with E-state index in [1.807, 2.05) is 18.2 Å². The van der Waals surface area contributed by atoms with Crippen LogP contribution in [0.15, 0.2) is 24.3 Å². The predicted octanol–water partition coefficient (Wildman–Crippen LogP) is 2.41. The average Bonchev–Trinajstić information content (AvgIpc) is 2.62. The van der Waals surface area contributed by atoms with Crippen LogP contribution in [0.5, 0.6) is 0 Å². The smallest absolute Gasteiger partial charge is 0.0998 e. The maximum Gasteiger partial charge on any atom is 0.0998 e. The first kappa shape index (κ1) is 8.53. The zero-order chi connectivity index (χ0) is 9.97. The fourth-order valence-electron chi connectivity index (χ4n) is 1.90. The van der Waals surface area contributed by atoms with Crippen LogP contribution in [0.25, 0.3) is 5.57 Å². The number of benzene rings is 1. The van der Waals surface area contributed by atoms with Crippen molar-refractivity contribution in [2.75, 3.05) is 0 Å². The van der Waals surface area contributed by atoms with Gasteiger partial charge in [-0.3, -0.25) is 0 Å². The van der Waals surface area contributed by atoms with Crippen molar-refractivity contribution in [2.24, 2.45) is 0 Å². The summed E-state index contributed by atoms with van der Waals surface area (Å²) in [5.74, 6) is 0. The highest BCUT2D eigenvalue weighted by atomic mass is 14.3. The number of allylic oxidation sites excluding steroid dienone is 2. The quantitative estimate of drug-likeness (QED) is 0.575. The Morgan fingerprint density at radius 1 is 1.21 bits per heavy atom. The van der Waals surface area contributed by atoms with Crippen LogP contribution < -0.4 is 0 Å². The number of hydrogen-bond acceptors (Lipinski definition) is 2. The Hall–Kier alpha value is -2.06. The molecule has 0 spiro atoms. The van der Waals surface area contributed by atoms with Crippen LogP contribution in [0, 0.1) is 22.7 Å². The fourth-order valence-corrected chi connectivity index (χ4v) is 1.90. The minimum Gasteiger partial charge on any atom is -0.193 e. The Labute approximate surface area is 82.7 Å². The molecule has 0 radical (unpaired) electrons. The van der Waals surface area contributed by atoms with E-state index in [-0.39, 0.29) is 0 Å². The van der Waals surface area contributed by atoms with Crippen molar-refractivity contribution in [3.05, 3.63) is 41.0 Å². The number of nitriles is 2. The van der Waals surface area contributed by atoms with Gasteiger partial charge in [-0.15, -0.1) is 0 Å².